The second kappa shape index (κ2) is 8.32. The predicted octanol–water partition coefficient (Wildman–Crippen LogP) is 2.19. The first-order valence-corrected chi connectivity index (χ1v) is 9.67. The van der Waals surface area contributed by atoms with Crippen molar-refractivity contribution < 1.29 is 23.1 Å². The molecule has 0 aliphatic rings. The normalized spacial score (nSPS) is 12.6. The summed E-state index contributed by atoms with van der Waals surface area (Å²) >= 11 is 0. The third-order valence-electron chi connectivity index (χ3n) is 4.06. The Morgan fingerprint density at radius 1 is 1.04 bits per heavy atom. The minimum atomic E-state index is -3.58. The molecule has 0 aliphatic carbocycles. The van der Waals surface area contributed by atoms with Crippen molar-refractivity contribution in [1.82, 2.24) is 9.62 Å². The molecule has 7 nitrogen and oxygen atoms in total. The Balaban J connectivity index is 2.22. The number of hydrogen-bond donors (Lipinski definition) is 2. The summed E-state index contributed by atoms with van der Waals surface area (Å²) in [6.45, 7) is 1.91. The third kappa shape index (κ3) is 5.15. The summed E-state index contributed by atoms with van der Waals surface area (Å²) in [6.07, 6.45) is -0.262. The van der Waals surface area contributed by atoms with Crippen molar-refractivity contribution in [2.75, 3.05) is 14.1 Å². The van der Waals surface area contributed by atoms with Crippen LogP contribution in [0.2, 0.25) is 0 Å². The van der Waals surface area contributed by atoms with Crippen LogP contribution in [0.3, 0.4) is 0 Å². The number of nitrogens with zero attached hydrogens (tertiary/aromatic N) is 1. The molecule has 0 fully saturated rings. The Kier molecular flexibility index (Phi) is 6.35. The van der Waals surface area contributed by atoms with E-state index in [1.165, 1.54) is 38.4 Å². The van der Waals surface area contributed by atoms with Crippen molar-refractivity contribution in [3.05, 3.63) is 65.2 Å². The Hall–Kier alpha value is -2.71. The molecule has 1 atom stereocenters. The molecular formula is C19H22N2O5S. The van der Waals surface area contributed by atoms with Crippen molar-refractivity contribution in [1.29, 1.82) is 0 Å². The van der Waals surface area contributed by atoms with Gasteiger partial charge in [-0.15, -0.1) is 0 Å². The molecule has 27 heavy (non-hydrogen) atoms. The van der Waals surface area contributed by atoms with E-state index in [4.69, 9.17) is 5.11 Å². The second-order valence-corrected chi connectivity index (χ2v) is 8.50. The summed E-state index contributed by atoms with van der Waals surface area (Å²) in [7, 11) is -0.732. The van der Waals surface area contributed by atoms with Crippen LogP contribution < -0.4 is 5.32 Å². The zero-order chi connectivity index (χ0) is 20.2. The van der Waals surface area contributed by atoms with Crippen LogP contribution in [0.4, 0.5) is 0 Å². The van der Waals surface area contributed by atoms with E-state index in [9.17, 15) is 18.0 Å². The zero-order valence-corrected chi connectivity index (χ0v) is 16.2. The van der Waals surface area contributed by atoms with Gasteiger partial charge in [0.1, 0.15) is 0 Å². The minimum absolute atomic E-state index is 0.0738. The lowest BCUT2D eigenvalue weighted by Gasteiger charge is -2.18. The lowest BCUT2D eigenvalue weighted by Crippen LogP contribution is -2.30. The van der Waals surface area contributed by atoms with Gasteiger partial charge in [-0.2, -0.15) is 0 Å². The van der Waals surface area contributed by atoms with Crippen LogP contribution in [0.25, 0.3) is 0 Å². The molecule has 0 bridgehead atoms. The molecule has 0 radical (unpaired) electrons. The minimum Gasteiger partial charge on any atom is -0.481 e. The molecule has 8 heteroatoms. The van der Waals surface area contributed by atoms with Gasteiger partial charge in [-0.25, -0.2) is 12.7 Å². The number of carboxylic acids is 1. The van der Waals surface area contributed by atoms with Gasteiger partial charge in [-0.1, -0.05) is 29.8 Å². The molecule has 2 N–H and O–H groups in total. The van der Waals surface area contributed by atoms with Crippen molar-refractivity contribution in [2.45, 2.75) is 24.3 Å². The quantitative estimate of drug-likeness (QED) is 0.754. The van der Waals surface area contributed by atoms with E-state index in [1.807, 2.05) is 19.1 Å². The molecule has 0 spiro atoms. The van der Waals surface area contributed by atoms with Crippen LogP contribution in [-0.2, 0) is 14.8 Å². The fourth-order valence-corrected chi connectivity index (χ4v) is 3.36. The van der Waals surface area contributed by atoms with Crippen molar-refractivity contribution >= 4 is 21.9 Å². The van der Waals surface area contributed by atoms with Crippen molar-refractivity contribution in [3.63, 3.8) is 0 Å². The molecule has 0 heterocycles. The van der Waals surface area contributed by atoms with Crippen LogP contribution in [0.15, 0.2) is 53.4 Å². The maximum atomic E-state index is 12.5. The lowest BCUT2D eigenvalue weighted by molar-refractivity contribution is -0.137. The first kappa shape index (κ1) is 20.6. The highest BCUT2D eigenvalue weighted by atomic mass is 32.2. The monoisotopic (exact) mass is 390 g/mol. The van der Waals surface area contributed by atoms with Crippen molar-refractivity contribution in [3.8, 4) is 0 Å². The number of aliphatic carboxylic acids is 1. The number of sulfonamides is 1. The van der Waals surface area contributed by atoms with Gasteiger partial charge in [-0.05, 0) is 36.8 Å². The second-order valence-electron chi connectivity index (χ2n) is 6.35. The van der Waals surface area contributed by atoms with E-state index in [0.29, 0.717) is 5.56 Å². The number of amides is 1. The number of benzene rings is 2. The molecule has 144 valence electrons. The number of hydrogen-bond acceptors (Lipinski definition) is 4. The molecule has 1 amide bonds. The highest BCUT2D eigenvalue weighted by Gasteiger charge is 2.21. The summed E-state index contributed by atoms with van der Waals surface area (Å²) in [5.41, 5.74) is 1.95. The number of carbonyl (C=O) groups excluding carboxylic acids is 1. The van der Waals surface area contributed by atoms with E-state index in [0.717, 1.165) is 9.87 Å². The number of carbonyl (C=O) groups is 2. The molecule has 1 unspecified atom stereocenters. The van der Waals surface area contributed by atoms with E-state index in [1.54, 1.807) is 12.1 Å². The first-order chi connectivity index (χ1) is 12.6. The number of rotatable bonds is 7. The fraction of sp³-hybridized carbons (Fsp3) is 0.263. The number of nitrogens with one attached hydrogen (secondary N) is 1. The molecule has 0 saturated heterocycles. The van der Waals surface area contributed by atoms with Crippen LogP contribution >= 0.6 is 0 Å². The summed E-state index contributed by atoms with van der Waals surface area (Å²) in [4.78, 5) is 23.7. The Morgan fingerprint density at radius 3 is 2.07 bits per heavy atom. The highest BCUT2D eigenvalue weighted by molar-refractivity contribution is 7.89. The lowest BCUT2D eigenvalue weighted by atomic mass is 10.0. The predicted molar refractivity (Wildman–Crippen MR) is 101 cm³/mol. The van der Waals surface area contributed by atoms with Crippen LogP contribution in [-0.4, -0.2) is 43.8 Å². The topological polar surface area (TPSA) is 104 Å². The van der Waals surface area contributed by atoms with Gasteiger partial charge in [0.25, 0.3) is 5.91 Å². The Labute approximate surface area is 158 Å². The van der Waals surface area contributed by atoms with Gasteiger partial charge in [0.15, 0.2) is 0 Å². The molecule has 2 aromatic rings. The van der Waals surface area contributed by atoms with E-state index < -0.39 is 27.9 Å². The standard InChI is InChI=1S/C19H22N2O5S/c1-13-4-6-14(7-5-13)17(12-18(22)23)20-19(24)15-8-10-16(11-9-15)27(25,26)21(2)3/h4-11,17H,12H2,1-3H3,(H,20,24)(H,22,23). The average molecular weight is 390 g/mol. The largest absolute Gasteiger partial charge is 0.481 e. The highest BCUT2D eigenvalue weighted by Crippen LogP contribution is 2.19. The van der Waals surface area contributed by atoms with Crippen LogP contribution in [0.1, 0.15) is 33.9 Å². The molecule has 0 aliphatic heterocycles. The van der Waals surface area contributed by atoms with Gasteiger partial charge < -0.3 is 10.4 Å². The molecule has 0 aromatic heterocycles. The van der Waals surface area contributed by atoms with Gasteiger partial charge >= 0.3 is 5.97 Å². The van der Waals surface area contributed by atoms with E-state index in [-0.39, 0.29) is 16.9 Å². The zero-order valence-electron chi connectivity index (χ0n) is 15.3. The van der Waals surface area contributed by atoms with Gasteiger partial charge in [-0.3, -0.25) is 9.59 Å². The molecule has 2 rings (SSSR count). The summed E-state index contributed by atoms with van der Waals surface area (Å²) in [5.74, 6) is -1.51. The summed E-state index contributed by atoms with van der Waals surface area (Å²) < 4.78 is 25.3. The average Bonchev–Trinajstić information content (AvgIpc) is 2.61. The molecule has 0 saturated carbocycles. The number of aryl methyl sites for hydroxylation is 1. The van der Waals surface area contributed by atoms with Gasteiger partial charge in [0.05, 0.1) is 17.4 Å². The fourth-order valence-electron chi connectivity index (χ4n) is 2.46. The van der Waals surface area contributed by atoms with Gasteiger partial charge in [0, 0.05) is 19.7 Å². The molecule has 2 aromatic carbocycles. The summed E-state index contributed by atoms with van der Waals surface area (Å²) in [6, 6.07) is 12.0. The Morgan fingerprint density at radius 2 is 1.59 bits per heavy atom. The maximum Gasteiger partial charge on any atom is 0.305 e. The number of carboxylic acid groups (broad SMARTS) is 1. The van der Waals surface area contributed by atoms with E-state index in [2.05, 4.69) is 5.32 Å². The van der Waals surface area contributed by atoms with Crippen LogP contribution in [0, 0.1) is 6.92 Å². The van der Waals surface area contributed by atoms with E-state index >= 15 is 0 Å². The van der Waals surface area contributed by atoms with Gasteiger partial charge in [0.2, 0.25) is 10.0 Å². The molecular weight excluding hydrogens is 368 g/mol. The third-order valence-corrected chi connectivity index (χ3v) is 5.89. The first-order valence-electron chi connectivity index (χ1n) is 8.23. The van der Waals surface area contributed by atoms with Crippen LogP contribution in [0.5, 0.6) is 0 Å². The smallest absolute Gasteiger partial charge is 0.305 e. The maximum absolute atomic E-state index is 12.5. The van der Waals surface area contributed by atoms with Crippen molar-refractivity contribution in [2.24, 2.45) is 0 Å². The summed E-state index contributed by atoms with van der Waals surface area (Å²) in [5, 5.41) is 11.8. The SMILES string of the molecule is Cc1ccc(C(CC(=O)O)NC(=O)c2ccc(S(=O)(=O)N(C)C)cc2)cc1. The Bertz CT molecular complexity index is 920.